The predicted molar refractivity (Wildman–Crippen MR) is 144 cm³/mol. The number of carbonyl (C=O) groups is 8. The third-order valence-electron chi connectivity index (χ3n) is 6.13. The van der Waals surface area contributed by atoms with E-state index >= 15 is 0 Å². The number of aliphatic hydroxyl groups is 2. The molecule has 0 saturated heterocycles. The van der Waals surface area contributed by atoms with Crippen LogP contribution in [0.3, 0.4) is 0 Å². The molecule has 0 fully saturated rings. The number of carboxylic acids is 3. The topological polar surface area (TPSA) is 324 Å². The Labute approximate surface area is 245 Å². The van der Waals surface area contributed by atoms with Crippen molar-refractivity contribution in [2.45, 2.75) is 76.2 Å². The molecule has 0 rings (SSSR count). The van der Waals surface area contributed by atoms with Crippen molar-refractivity contribution in [2.24, 2.45) is 11.7 Å². The number of hydrogen-bond donors (Lipinski definition) is 11. The summed E-state index contributed by atoms with van der Waals surface area (Å²) in [4.78, 5) is 95.6. The minimum Gasteiger partial charge on any atom is -0.481 e. The zero-order chi connectivity index (χ0) is 33.3. The second kappa shape index (κ2) is 19.7. The van der Waals surface area contributed by atoms with E-state index in [1.807, 2.05) is 0 Å². The molecule has 0 spiro atoms. The highest BCUT2D eigenvalue weighted by molar-refractivity contribution is 5.95. The highest BCUT2D eigenvalue weighted by Crippen LogP contribution is 2.10. The first kappa shape index (κ1) is 38.6. The molecule has 6 atom stereocenters. The first-order valence-corrected chi connectivity index (χ1v) is 13.2. The van der Waals surface area contributed by atoms with E-state index in [0.717, 1.165) is 0 Å². The van der Waals surface area contributed by atoms with Gasteiger partial charge in [-0.05, 0) is 18.8 Å². The summed E-state index contributed by atoms with van der Waals surface area (Å²) in [6, 6.07) is -7.36. The van der Waals surface area contributed by atoms with Crippen molar-refractivity contribution in [2.75, 3.05) is 19.8 Å². The molecule has 5 amide bonds. The molecule has 0 heterocycles. The van der Waals surface area contributed by atoms with E-state index in [9.17, 15) is 48.6 Å². The van der Waals surface area contributed by atoms with Gasteiger partial charge in [-0.25, -0.2) is 4.79 Å². The van der Waals surface area contributed by atoms with Crippen LogP contribution in [0.2, 0.25) is 0 Å². The zero-order valence-corrected chi connectivity index (χ0v) is 23.7. The number of aliphatic hydroxyl groups excluding tert-OH is 2. The van der Waals surface area contributed by atoms with E-state index in [0.29, 0.717) is 6.42 Å². The molecule has 0 bridgehead atoms. The largest absolute Gasteiger partial charge is 0.481 e. The summed E-state index contributed by atoms with van der Waals surface area (Å²) >= 11 is 0. The molecule has 0 aromatic heterocycles. The van der Waals surface area contributed by atoms with Gasteiger partial charge in [0.1, 0.15) is 30.2 Å². The van der Waals surface area contributed by atoms with Gasteiger partial charge in [0.05, 0.1) is 19.8 Å². The average molecular weight is 621 g/mol. The van der Waals surface area contributed by atoms with Crippen molar-refractivity contribution in [3.8, 4) is 0 Å². The zero-order valence-electron chi connectivity index (χ0n) is 23.7. The van der Waals surface area contributed by atoms with Crippen molar-refractivity contribution < 1.29 is 63.9 Å². The Hall–Kier alpha value is -4.36. The normalized spacial score (nSPS) is 14.9. The van der Waals surface area contributed by atoms with Gasteiger partial charge in [-0.2, -0.15) is 0 Å². The highest BCUT2D eigenvalue weighted by Gasteiger charge is 2.32. The number of amides is 5. The quantitative estimate of drug-likeness (QED) is 0.0574. The van der Waals surface area contributed by atoms with Gasteiger partial charge in [0, 0.05) is 12.8 Å². The molecule has 0 aliphatic carbocycles. The van der Waals surface area contributed by atoms with Crippen molar-refractivity contribution in [1.82, 2.24) is 26.6 Å². The second-order valence-corrected chi connectivity index (χ2v) is 9.51. The van der Waals surface area contributed by atoms with Gasteiger partial charge in [-0.3, -0.25) is 33.6 Å². The lowest BCUT2D eigenvalue weighted by Gasteiger charge is -2.27. The number of carbonyl (C=O) groups excluding carboxylic acids is 5. The van der Waals surface area contributed by atoms with Crippen LogP contribution in [0.25, 0.3) is 0 Å². The average Bonchev–Trinajstić information content (AvgIpc) is 2.95. The Bertz CT molecular complexity index is 1020. The molecule has 12 N–H and O–H groups in total. The molecule has 0 radical (unpaired) electrons. The van der Waals surface area contributed by atoms with Crippen LogP contribution in [0.4, 0.5) is 0 Å². The first-order chi connectivity index (χ1) is 20.1. The number of nitrogens with one attached hydrogen (secondary N) is 5. The van der Waals surface area contributed by atoms with E-state index < -0.39 is 123 Å². The predicted octanol–water partition coefficient (Wildman–Crippen LogP) is -4.79. The Kier molecular flexibility index (Phi) is 17.7. The lowest BCUT2D eigenvalue weighted by Crippen LogP contribution is -2.59. The van der Waals surface area contributed by atoms with Gasteiger partial charge in [0.25, 0.3) is 0 Å². The van der Waals surface area contributed by atoms with Crippen LogP contribution in [0.5, 0.6) is 0 Å². The van der Waals surface area contributed by atoms with Gasteiger partial charge in [-0.15, -0.1) is 0 Å². The van der Waals surface area contributed by atoms with E-state index in [1.54, 1.807) is 13.8 Å². The molecular formula is C24H40N6O13. The van der Waals surface area contributed by atoms with E-state index in [4.69, 9.17) is 21.1 Å². The van der Waals surface area contributed by atoms with Gasteiger partial charge >= 0.3 is 17.9 Å². The third kappa shape index (κ3) is 14.9. The Morgan fingerprint density at radius 1 is 0.674 bits per heavy atom. The molecule has 19 heteroatoms. The maximum absolute atomic E-state index is 12.8. The number of aliphatic carboxylic acids is 3. The Balaban J connectivity index is 5.38. The number of carboxylic acid groups (broad SMARTS) is 3. The standard InChI is InChI=1S/C24H40N6O13/c1-3-11(2)19(23(41)29-14(24(42)43)5-7-18(36)37)30-22(40)15(10-32)27-16(33)8-26-21(39)13(4-6-17(34)35)28-20(38)12(25)9-31/h11-15,19,31-32H,3-10,25H2,1-2H3,(H,26,39)(H,27,33)(H,28,38)(H,29,41)(H,30,40)(H,34,35)(H,36,37)(H,42,43)/t11-,12-,13-,14-,15-,19-/m0/s1. The summed E-state index contributed by atoms with van der Waals surface area (Å²) in [5.41, 5.74) is 5.37. The minimum absolute atomic E-state index is 0.330. The molecule has 244 valence electrons. The van der Waals surface area contributed by atoms with Crippen molar-refractivity contribution in [3.05, 3.63) is 0 Å². The Morgan fingerprint density at radius 3 is 1.67 bits per heavy atom. The van der Waals surface area contributed by atoms with E-state index in [2.05, 4.69) is 26.6 Å². The van der Waals surface area contributed by atoms with E-state index in [1.165, 1.54) is 0 Å². The summed E-state index contributed by atoms with van der Waals surface area (Å²) < 4.78 is 0. The van der Waals surface area contributed by atoms with Gasteiger partial charge < -0.3 is 57.9 Å². The number of hydrogen-bond acceptors (Lipinski definition) is 11. The molecule has 19 nitrogen and oxygen atoms in total. The SMILES string of the molecule is CC[C@H](C)[C@H](NC(=O)[C@H](CO)NC(=O)CNC(=O)[C@H](CCC(=O)O)NC(=O)[C@@H](N)CO)C(=O)N[C@@H](CCC(=O)O)C(=O)O. The van der Waals surface area contributed by atoms with Crippen LogP contribution >= 0.6 is 0 Å². The summed E-state index contributed by atoms with van der Waals surface area (Å²) in [6.45, 7) is 0.747. The van der Waals surface area contributed by atoms with Gasteiger partial charge in [0.15, 0.2) is 0 Å². The van der Waals surface area contributed by atoms with Crippen molar-refractivity contribution in [1.29, 1.82) is 0 Å². The summed E-state index contributed by atoms with van der Waals surface area (Å²) in [7, 11) is 0. The molecular weight excluding hydrogens is 580 g/mol. The van der Waals surface area contributed by atoms with Crippen LogP contribution in [0, 0.1) is 5.92 Å². The fourth-order valence-electron chi connectivity index (χ4n) is 3.37. The van der Waals surface area contributed by atoms with Crippen LogP contribution < -0.4 is 32.3 Å². The molecule has 0 aromatic rings. The van der Waals surface area contributed by atoms with Crippen LogP contribution in [-0.4, -0.2) is 123 Å². The first-order valence-electron chi connectivity index (χ1n) is 13.2. The van der Waals surface area contributed by atoms with Crippen molar-refractivity contribution in [3.63, 3.8) is 0 Å². The minimum atomic E-state index is -1.63. The highest BCUT2D eigenvalue weighted by atomic mass is 16.4. The van der Waals surface area contributed by atoms with Crippen molar-refractivity contribution >= 4 is 47.4 Å². The lowest BCUT2D eigenvalue weighted by atomic mass is 9.97. The lowest BCUT2D eigenvalue weighted by molar-refractivity contribution is -0.144. The summed E-state index contributed by atoms with van der Waals surface area (Å²) in [5, 5.41) is 56.6. The second-order valence-electron chi connectivity index (χ2n) is 9.51. The molecule has 0 unspecified atom stereocenters. The van der Waals surface area contributed by atoms with Gasteiger partial charge in [-0.1, -0.05) is 20.3 Å². The fraction of sp³-hybridized carbons (Fsp3) is 0.667. The van der Waals surface area contributed by atoms with Gasteiger partial charge in [0.2, 0.25) is 29.5 Å². The fourth-order valence-corrected chi connectivity index (χ4v) is 3.37. The summed E-state index contributed by atoms with van der Waals surface area (Å²) in [6.07, 6.45) is -1.56. The molecule has 0 aliphatic heterocycles. The number of nitrogens with two attached hydrogens (primary N) is 1. The molecule has 0 saturated carbocycles. The molecule has 0 aromatic carbocycles. The monoisotopic (exact) mass is 620 g/mol. The van der Waals surface area contributed by atoms with E-state index in [-0.39, 0.29) is 6.42 Å². The van der Waals surface area contributed by atoms with Crippen LogP contribution in [0.1, 0.15) is 46.0 Å². The third-order valence-corrected chi connectivity index (χ3v) is 6.13. The Morgan fingerprint density at radius 2 is 1.21 bits per heavy atom. The number of rotatable bonds is 21. The molecule has 43 heavy (non-hydrogen) atoms. The maximum Gasteiger partial charge on any atom is 0.326 e. The molecule has 0 aliphatic rings. The van der Waals surface area contributed by atoms with Crippen LogP contribution in [-0.2, 0) is 38.4 Å². The maximum atomic E-state index is 12.8. The smallest absolute Gasteiger partial charge is 0.326 e. The summed E-state index contributed by atoms with van der Waals surface area (Å²) in [5.74, 6) is -9.53. The van der Waals surface area contributed by atoms with Crippen LogP contribution in [0.15, 0.2) is 0 Å².